The SMILES string of the molecule is O=c1ccc(-c2ccc(F)cc2)nn1CCNS(=O)(=O)c1cccc(Cl)c1Cl. The van der Waals surface area contributed by atoms with E-state index in [2.05, 4.69) is 9.82 Å². The Morgan fingerprint density at radius 1 is 1.04 bits per heavy atom. The fourth-order valence-corrected chi connectivity index (χ4v) is 4.22. The highest BCUT2D eigenvalue weighted by Gasteiger charge is 2.19. The van der Waals surface area contributed by atoms with Crippen LogP contribution in [0.5, 0.6) is 0 Å². The number of benzene rings is 2. The van der Waals surface area contributed by atoms with Gasteiger partial charge in [-0.3, -0.25) is 4.79 Å². The average Bonchev–Trinajstić information content (AvgIpc) is 2.66. The van der Waals surface area contributed by atoms with E-state index in [0.29, 0.717) is 11.3 Å². The third-order valence-corrected chi connectivity index (χ3v) is 6.26. The van der Waals surface area contributed by atoms with E-state index in [1.54, 1.807) is 0 Å². The van der Waals surface area contributed by atoms with Gasteiger partial charge in [-0.05, 0) is 42.5 Å². The van der Waals surface area contributed by atoms with Crippen molar-refractivity contribution in [3.8, 4) is 11.3 Å². The zero-order valence-corrected chi connectivity index (χ0v) is 16.6. The number of sulfonamides is 1. The van der Waals surface area contributed by atoms with E-state index in [0.717, 1.165) is 4.68 Å². The van der Waals surface area contributed by atoms with Crippen LogP contribution >= 0.6 is 23.2 Å². The standard InChI is InChI=1S/C18H14Cl2FN3O3S/c19-14-2-1-3-16(18(14)20)28(26,27)22-10-11-24-17(25)9-8-15(23-24)12-4-6-13(21)7-5-12/h1-9,22H,10-11H2. The number of aromatic nitrogens is 2. The first-order valence-electron chi connectivity index (χ1n) is 8.06. The first-order valence-corrected chi connectivity index (χ1v) is 10.3. The molecular formula is C18H14Cl2FN3O3S. The van der Waals surface area contributed by atoms with Gasteiger partial charge in [-0.1, -0.05) is 29.3 Å². The molecular weight excluding hydrogens is 428 g/mol. The highest BCUT2D eigenvalue weighted by Crippen LogP contribution is 2.28. The summed E-state index contributed by atoms with van der Waals surface area (Å²) in [6, 6.07) is 12.8. The van der Waals surface area contributed by atoms with E-state index in [4.69, 9.17) is 23.2 Å². The molecule has 0 unspecified atom stereocenters. The topological polar surface area (TPSA) is 81.1 Å². The van der Waals surface area contributed by atoms with Gasteiger partial charge < -0.3 is 0 Å². The summed E-state index contributed by atoms with van der Waals surface area (Å²) in [7, 11) is -3.91. The molecule has 0 amide bonds. The van der Waals surface area contributed by atoms with Gasteiger partial charge in [-0.15, -0.1) is 0 Å². The molecule has 0 atom stereocenters. The van der Waals surface area contributed by atoms with Crippen LogP contribution < -0.4 is 10.3 Å². The number of nitrogens with zero attached hydrogens (tertiary/aromatic N) is 2. The van der Waals surface area contributed by atoms with Crippen molar-refractivity contribution in [2.45, 2.75) is 11.4 Å². The molecule has 10 heteroatoms. The molecule has 3 aromatic rings. The zero-order valence-electron chi connectivity index (χ0n) is 14.3. The van der Waals surface area contributed by atoms with Gasteiger partial charge in [0.15, 0.2) is 0 Å². The normalized spacial score (nSPS) is 11.5. The summed E-state index contributed by atoms with van der Waals surface area (Å²) in [5.41, 5.74) is 0.688. The number of hydrogen-bond donors (Lipinski definition) is 1. The Morgan fingerprint density at radius 2 is 1.75 bits per heavy atom. The molecule has 0 saturated carbocycles. The van der Waals surface area contributed by atoms with Crippen molar-refractivity contribution in [2.75, 3.05) is 6.54 Å². The van der Waals surface area contributed by atoms with Crippen molar-refractivity contribution in [3.05, 3.63) is 80.8 Å². The van der Waals surface area contributed by atoms with E-state index in [1.165, 1.54) is 54.6 Å². The first-order chi connectivity index (χ1) is 13.3. The quantitative estimate of drug-likeness (QED) is 0.635. The smallest absolute Gasteiger partial charge is 0.266 e. The minimum atomic E-state index is -3.91. The minimum Gasteiger partial charge on any atom is -0.268 e. The number of rotatable bonds is 6. The first kappa shape index (κ1) is 20.5. The molecule has 2 aromatic carbocycles. The van der Waals surface area contributed by atoms with E-state index in [1.807, 2.05) is 0 Å². The maximum Gasteiger partial charge on any atom is 0.266 e. The van der Waals surface area contributed by atoms with Gasteiger partial charge in [-0.2, -0.15) is 5.10 Å². The van der Waals surface area contributed by atoms with Crippen molar-refractivity contribution in [3.63, 3.8) is 0 Å². The van der Waals surface area contributed by atoms with Crippen LogP contribution in [-0.4, -0.2) is 24.7 Å². The van der Waals surface area contributed by atoms with Crippen LogP contribution in [0.1, 0.15) is 0 Å². The lowest BCUT2D eigenvalue weighted by Crippen LogP contribution is -2.32. The van der Waals surface area contributed by atoms with E-state index in [-0.39, 0.29) is 33.8 Å². The van der Waals surface area contributed by atoms with Crippen molar-refractivity contribution in [2.24, 2.45) is 0 Å². The number of hydrogen-bond acceptors (Lipinski definition) is 4. The maximum absolute atomic E-state index is 13.1. The highest BCUT2D eigenvalue weighted by atomic mass is 35.5. The monoisotopic (exact) mass is 441 g/mol. The molecule has 0 bridgehead atoms. The van der Waals surface area contributed by atoms with E-state index >= 15 is 0 Å². The molecule has 0 spiro atoms. The Balaban J connectivity index is 1.76. The van der Waals surface area contributed by atoms with Crippen LogP contribution in [-0.2, 0) is 16.6 Å². The summed E-state index contributed by atoms with van der Waals surface area (Å²) >= 11 is 11.8. The molecule has 0 radical (unpaired) electrons. The molecule has 146 valence electrons. The van der Waals surface area contributed by atoms with Crippen molar-refractivity contribution < 1.29 is 12.8 Å². The molecule has 0 aliphatic rings. The number of halogens is 3. The zero-order chi connectivity index (χ0) is 20.3. The fraction of sp³-hybridized carbons (Fsp3) is 0.111. The lowest BCUT2D eigenvalue weighted by Gasteiger charge is -2.10. The van der Waals surface area contributed by atoms with Gasteiger partial charge in [0, 0.05) is 18.2 Å². The Hall–Kier alpha value is -2.26. The second-order valence-electron chi connectivity index (χ2n) is 5.74. The molecule has 0 aliphatic carbocycles. The van der Waals surface area contributed by atoms with Gasteiger partial charge in [0.25, 0.3) is 5.56 Å². The van der Waals surface area contributed by atoms with Gasteiger partial charge in [-0.25, -0.2) is 22.2 Å². The maximum atomic E-state index is 13.1. The summed E-state index contributed by atoms with van der Waals surface area (Å²) in [4.78, 5) is 11.9. The van der Waals surface area contributed by atoms with Gasteiger partial charge in [0.1, 0.15) is 10.7 Å². The lowest BCUT2D eigenvalue weighted by molar-refractivity contribution is 0.549. The number of nitrogens with one attached hydrogen (secondary N) is 1. The van der Waals surface area contributed by atoms with Gasteiger partial charge in [0.2, 0.25) is 10.0 Å². The predicted molar refractivity (Wildman–Crippen MR) is 106 cm³/mol. The molecule has 0 fully saturated rings. The molecule has 1 N–H and O–H groups in total. The van der Waals surface area contributed by atoms with Gasteiger partial charge in [0.05, 0.1) is 22.3 Å². The highest BCUT2D eigenvalue weighted by molar-refractivity contribution is 7.89. The largest absolute Gasteiger partial charge is 0.268 e. The fourth-order valence-electron chi connectivity index (χ4n) is 2.44. The molecule has 0 aliphatic heterocycles. The van der Waals surface area contributed by atoms with Crippen LogP contribution in [0.25, 0.3) is 11.3 Å². The van der Waals surface area contributed by atoms with Crippen LogP contribution in [0.2, 0.25) is 10.0 Å². The molecule has 6 nitrogen and oxygen atoms in total. The van der Waals surface area contributed by atoms with Crippen molar-refractivity contribution in [1.29, 1.82) is 0 Å². The Morgan fingerprint density at radius 3 is 2.46 bits per heavy atom. The second kappa shape index (κ2) is 8.40. The Kier molecular flexibility index (Phi) is 6.14. The second-order valence-corrected chi connectivity index (χ2v) is 8.26. The minimum absolute atomic E-state index is 0.00865. The summed E-state index contributed by atoms with van der Waals surface area (Å²) in [5, 5.41) is 4.24. The summed E-state index contributed by atoms with van der Waals surface area (Å²) in [5.74, 6) is -0.383. The van der Waals surface area contributed by atoms with Gasteiger partial charge >= 0.3 is 0 Å². The average molecular weight is 442 g/mol. The summed E-state index contributed by atoms with van der Waals surface area (Å²) in [6.07, 6.45) is 0. The van der Waals surface area contributed by atoms with Crippen molar-refractivity contribution in [1.82, 2.24) is 14.5 Å². The van der Waals surface area contributed by atoms with E-state index < -0.39 is 15.6 Å². The summed E-state index contributed by atoms with van der Waals surface area (Å²) < 4.78 is 41.4. The lowest BCUT2D eigenvalue weighted by atomic mass is 10.1. The molecule has 28 heavy (non-hydrogen) atoms. The third-order valence-electron chi connectivity index (χ3n) is 3.83. The molecule has 1 heterocycles. The van der Waals surface area contributed by atoms with Crippen LogP contribution in [0.4, 0.5) is 4.39 Å². The summed E-state index contributed by atoms with van der Waals surface area (Å²) in [6.45, 7) is -0.101. The van der Waals surface area contributed by atoms with Crippen LogP contribution in [0, 0.1) is 5.82 Å². The van der Waals surface area contributed by atoms with Crippen LogP contribution in [0.15, 0.2) is 64.3 Å². The Labute approximate surface area is 170 Å². The van der Waals surface area contributed by atoms with Crippen LogP contribution in [0.3, 0.4) is 0 Å². The molecule has 1 aromatic heterocycles. The Bertz CT molecular complexity index is 1170. The predicted octanol–water partition coefficient (Wildman–Crippen LogP) is 3.33. The molecule has 0 saturated heterocycles. The third kappa shape index (κ3) is 4.59. The van der Waals surface area contributed by atoms with Crippen molar-refractivity contribution >= 4 is 33.2 Å². The van der Waals surface area contributed by atoms with E-state index in [9.17, 15) is 17.6 Å². The molecule has 3 rings (SSSR count).